The van der Waals surface area contributed by atoms with Gasteiger partial charge in [-0.05, 0) is 67.4 Å². The number of aliphatic carboxylic acids is 1. The van der Waals surface area contributed by atoms with Crippen LogP contribution in [0.25, 0.3) is 5.82 Å². The fraction of sp³-hybridized carbons (Fsp3) is 0.276. The van der Waals surface area contributed by atoms with Crippen molar-refractivity contribution in [1.29, 1.82) is 5.41 Å². The number of anilines is 1. The van der Waals surface area contributed by atoms with Gasteiger partial charge >= 0.3 is 5.69 Å². The molecule has 2 heterocycles. The number of hydrogen-bond acceptors (Lipinski definition) is 9. The molecular formula is C29H35N7O6. The van der Waals surface area contributed by atoms with E-state index in [4.69, 9.17) is 35.3 Å². The average Bonchev–Trinajstić information content (AvgIpc) is 3.33. The number of hydrogen-bond donors (Lipinski definition) is 5. The topological polar surface area (TPSA) is 190 Å². The maximum absolute atomic E-state index is 13.0. The number of nitrogens with zero attached hydrogens (tertiary/aromatic N) is 3. The smallest absolute Gasteiger partial charge is 0.349 e. The van der Waals surface area contributed by atoms with Crippen molar-refractivity contribution in [1.82, 2.24) is 19.7 Å². The summed E-state index contributed by atoms with van der Waals surface area (Å²) in [6.45, 7) is 6.11. The van der Waals surface area contributed by atoms with Crippen LogP contribution in [0, 0.1) is 12.3 Å². The van der Waals surface area contributed by atoms with Crippen LogP contribution in [0.5, 0.6) is 11.5 Å². The molecule has 0 saturated heterocycles. The molecule has 1 unspecified atom stereocenters. The third-order valence-corrected chi connectivity index (χ3v) is 5.74. The van der Waals surface area contributed by atoms with Gasteiger partial charge in [0.25, 0.3) is 5.97 Å². The lowest BCUT2D eigenvalue weighted by Gasteiger charge is -2.20. The number of benzene rings is 2. The van der Waals surface area contributed by atoms with Crippen LogP contribution in [-0.2, 0) is 9.53 Å². The highest BCUT2D eigenvalue weighted by Crippen LogP contribution is 2.33. The number of nitrogens with two attached hydrogens (primary N) is 1. The van der Waals surface area contributed by atoms with Gasteiger partial charge in [0.05, 0.1) is 13.2 Å². The van der Waals surface area contributed by atoms with Crippen molar-refractivity contribution < 1.29 is 24.1 Å². The Morgan fingerprint density at radius 2 is 1.86 bits per heavy atom. The largest absolute Gasteiger partial charge is 0.490 e. The third kappa shape index (κ3) is 8.41. The Bertz CT molecular complexity index is 1540. The minimum atomic E-state index is -0.833. The average molecular weight is 578 g/mol. The zero-order chi connectivity index (χ0) is 30.6. The molecule has 1 atom stereocenters. The Hall–Kier alpha value is -5.17. The Labute approximate surface area is 242 Å². The van der Waals surface area contributed by atoms with Gasteiger partial charge in [-0.3, -0.25) is 15.2 Å². The molecule has 222 valence electrons. The minimum absolute atomic E-state index is 0.0210. The number of ether oxygens (including phenoxy) is 3. The highest BCUT2D eigenvalue weighted by Gasteiger charge is 2.23. The first-order valence-electron chi connectivity index (χ1n) is 13.0. The van der Waals surface area contributed by atoms with Crippen molar-refractivity contribution in [2.75, 3.05) is 32.2 Å². The molecule has 0 radical (unpaired) electrons. The molecule has 13 nitrogen and oxygen atoms in total. The number of carbonyl (C=O) groups is 1. The number of nitrogen functional groups attached to an aromatic ring is 1. The molecule has 4 aromatic rings. The van der Waals surface area contributed by atoms with Crippen molar-refractivity contribution in [3.63, 3.8) is 0 Å². The first-order chi connectivity index (χ1) is 20.1. The van der Waals surface area contributed by atoms with E-state index in [-0.39, 0.29) is 5.84 Å². The van der Waals surface area contributed by atoms with Gasteiger partial charge in [0.15, 0.2) is 23.1 Å². The summed E-state index contributed by atoms with van der Waals surface area (Å²) in [7, 11) is 1.61. The predicted molar refractivity (Wildman–Crippen MR) is 158 cm³/mol. The number of rotatable bonds is 12. The van der Waals surface area contributed by atoms with E-state index < -0.39 is 17.7 Å². The van der Waals surface area contributed by atoms with Crippen molar-refractivity contribution >= 4 is 17.5 Å². The van der Waals surface area contributed by atoms with Crippen molar-refractivity contribution in [2.45, 2.75) is 26.8 Å². The van der Waals surface area contributed by atoms with E-state index in [9.17, 15) is 4.79 Å². The summed E-state index contributed by atoms with van der Waals surface area (Å²) in [5.74, 6) is 1.11. The summed E-state index contributed by atoms with van der Waals surface area (Å²) >= 11 is 0. The summed E-state index contributed by atoms with van der Waals surface area (Å²) in [5.41, 5.74) is 8.13. The predicted octanol–water partition coefficient (Wildman–Crippen LogP) is 3.26. The molecule has 6 N–H and O–H groups in total. The maximum Gasteiger partial charge on any atom is 0.349 e. The monoisotopic (exact) mass is 577 g/mol. The SMILES string of the molecule is CC(=O)O.CCOc1cc(C(Nc2ccc(C(=N)N)cc2)c2nn(-c3ncccc3C)c(=O)[nH]2)ccc1OCCOC. The lowest BCUT2D eigenvalue weighted by atomic mass is 10.0. The molecule has 0 bridgehead atoms. The molecule has 2 aromatic heterocycles. The van der Waals surface area contributed by atoms with Gasteiger partial charge in [0, 0.05) is 31.5 Å². The first-order valence-corrected chi connectivity index (χ1v) is 13.0. The van der Waals surface area contributed by atoms with Crippen LogP contribution in [-0.4, -0.2) is 63.6 Å². The summed E-state index contributed by atoms with van der Waals surface area (Å²) in [6, 6.07) is 15.8. The van der Waals surface area contributed by atoms with Crippen molar-refractivity contribution in [3.8, 4) is 17.3 Å². The van der Waals surface area contributed by atoms with Gasteiger partial charge in [-0.25, -0.2) is 9.78 Å². The molecule has 0 aliphatic carbocycles. The number of aromatic amines is 1. The van der Waals surface area contributed by atoms with Gasteiger partial charge in [0.1, 0.15) is 18.5 Å². The standard InChI is InChI=1S/C27H31N7O4.C2H4O2/c1-4-37-22-16-19(9-12-21(22)38-15-14-36-3)23(31-20-10-7-18(8-11-20)24(28)29)25-32-27(35)34(33-25)26-17(2)6-5-13-30-26;1-2(3)4/h5-13,16,23,31H,4,14-15H2,1-3H3,(H3,28,29)(H,32,33,35);1H3,(H,3,4). The lowest BCUT2D eigenvalue weighted by molar-refractivity contribution is -0.134. The van der Waals surface area contributed by atoms with Gasteiger partial charge in [-0.2, -0.15) is 4.68 Å². The Kier molecular flexibility index (Phi) is 11.2. The number of H-pyrrole nitrogens is 1. The number of nitrogens with one attached hydrogen (secondary N) is 3. The second kappa shape index (κ2) is 15.0. The van der Waals surface area contributed by atoms with E-state index in [0.717, 1.165) is 23.7 Å². The van der Waals surface area contributed by atoms with E-state index in [0.29, 0.717) is 48.5 Å². The number of carboxylic acids is 1. The highest BCUT2D eigenvalue weighted by molar-refractivity contribution is 5.95. The number of methoxy groups -OCH3 is 1. The number of aryl methyl sites for hydroxylation is 1. The van der Waals surface area contributed by atoms with E-state index in [1.54, 1.807) is 31.5 Å². The molecule has 0 spiro atoms. The van der Waals surface area contributed by atoms with E-state index in [1.165, 1.54) is 4.68 Å². The van der Waals surface area contributed by atoms with Crippen LogP contribution >= 0.6 is 0 Å². The van der Waals surface area contributed by atoms with Crippen LogP contribution < -0.4 is 26.2 Å². The summed E-state index contributed by atoms with van der Waals surface area (Å²) in [5, 5.41) is 23.1. The normalized spacial score (nSPS) is 11.1. The lowest BCUT2D eigenvalue weighted by Crippen LogP contribution is -2.18. The van der Waals surface area contributed by atoms with Gasteiger partial charge in [-0.15, -0.1) is 5.10 Å². The molecular weight excluding hydrogens is 542 g/mol. The van der Waals surface area contributed by atoms with Crippen LogP contribution in [0.2, 0.25) is 0 Å². The quantitative estimate of drug-likeness (QED) is 0.0949. The third-order valence-electron chi connectivity index (χ3n) is 5.74. The Morgan fingerprint density at radius 1 is 1.14 bits per heavy atom. The van der Waals surface area contributed by atoms with Crippen LogP contribution in [0.15, 0.2) is 65.6 Å². The van der Waals surface area contributed by atoms with Gasteiger partial charge < -0.3 is 30.4 Å². The summed E-state index contributed by atoms with van der Waals surface area (Å²) in [4.78, 5) is 29.2. The van der Waals surface area contributed by atoms with Gasteiger partial charge in [-0.1, -0.05) is 12.1 Å². The van der Waals surface area contributed by atoms with Crippen LogP contribution in [0.1, 0.15) is 42.4 Å². The van der Waals surface area contributed by atoms with Crippen molar-refractivity contribution in [3.05, 3.63) is 93.8 Å². The number of pyridine rings is 1. The fourth-order valence-corrected chi connectivity index (χ4v) is 3.86. The molecule has 13 heteroatoms. The molecule has 0 aliphatic rings. The van der Waals surface area contributed by atoms with E-state index in [1.807, 2.05) is 50.2 Å². The minimum Gasteiger partial charge on any atom is -0.490 e. The highest BCUT2D eigenvalue weighted by atomic mass is 16.5. The number of amidine groups is 1. The Balaban J connectivity index is 0.00000114. The molecule has 2 aromatic carbocycles. The van der Waals surface area contributed by atoms with Crippen molar-refractivity contribution in [2.24, 2.45) is 5.73 Å². The molecule has 0 fully saturated rings. The first kappa shape index (κ1) is 31.4. The molecule has 0 saturated carbocycles. The fourth-order valence-electron chi connectivity index (χ4n) is 3.86. The second-order valence-electron chi connectivity index (χ2n) is 8.94. The second-order valence-corrected chi connectivity index (χ2v) is 8.94. The van der Waals surface area contributed by atoms with E-state index in [2.05, 4.69) is 20.4 Å². The van der Waals surface area contributed by atoms with E-state index >= 15 is 0 Å². The summed E-state index contributed by atoms with van der Waals surface area (Å²) < 4.78 is 18.0. The summed E-state index contributed by atoms with van der Waals surface area (Å²) in [6.07, 6.45) is 1.62. The molecule has 0 amide bonds. The Morgan fingerprint density at radius 3 is 2.48 bits per heavy atom. The molecule has 42 heavy (non-hydrogen) atoms. The number of aromatic nitrogens is 4. The molecule has 0 aliphatic heterocycles. The molecule has 4 rings (SSSR count). The van der Waals surface area contributed by atoms with Crippen LogP contribution in [0.3, 0.4) is 0 Å². The zero-order valence-corrected chi connectivity index (χ0v) is 23.9. The zero-order valence-electron chi connectivity index (χ0n) is 23.9. The number of carboxylic acid groups (broad SMARTS) is 1. The maximum atomic E-state index is 13.0. The van der Waals surface area contributed by atoms with Crippen LogP contribution in [0.4, 0.5) is 5.69 Å². The van der Waals surface area contributed by atoms with Gasteiger partial charge in [0.2, 0.25) is 0 Å².